The van der Waals surface area contributed by atoms with Crippen molar-refractivity contribution in [3.8, 4) is 12.3 Å². The lowest BCUT2D eigenvalue weighted by Crippen LogP contribution is -2.44. The number of esters is 1. The van der Waals surface area contributed by atoms with Crippen molar-refractivity contribution in [3.63, 3.8) is 0 Å². The fourth-order valence-corrected chi connectivity index (χ4v) is 2.08. The summed E-state index contributed by atoms with van der Waals surface area (Å²) in [4.78, 5) is 25.6. The Labute approximate surface area is 140 Å². The Morgan fingerprint density at radius 3 is 2.39 bits per heavy atom. The number of unbranched alkanes of at least 4 members (excludes halogenated alkanes) is 3. The van der Waals surface area contributed by atoms with E-state index in [1.54, 1.807) is 7.05 Å². The van der Waals surface area contributed by atoms with Crippen LogP contribution in [0.1, 0.15) is 59.3 Å². The molecule has 0 aliphatic heterocycles. The third-order valence-electron chi connectivity index (χ3n) is 3.44. The molecule has 0 aromatic rings. The third-order valence-corrected chi connectivity index (χ3v) is 3.44. The van der Waals surface area contributed by atoms with Gasteiger partial charge in [0.25, 0.3) is 0 Å². The number of carbonyl (C=O) groups is 2. The Balaban J connectivity index is 4.50. The van der Waals surface area contributed by atoms with E-state index in [1.807, 2.05) is 13.8 Å². The minimum absolute atomic E-state index is 0.153. The molecule has 0 aromatic heterocycles. The van der Waals surface area contributed by atoms with Crippen LogP contribution in [0, 0.1) is 18.3 Å². The normalized spacial score (nSPS) is 11.7. The molecule has 1 atom stereocenters. The van der Waals surface area contributed by atoms with Crippen molar-refractivity contribution >= 4 is 12.1 Å². The molecule has 0 saturated carbocycles. The molecule has 132 valence electrons. The van der Waals surface area contributed by atoms with Gasteiger partial charge >= 0.3 is 12.1 Å². The van der Waals surface area contributed by atoms with Gasteiger partial charge in [-0.3, -0.25) is 4.90 Å². The quantitative estimate of drug-likeness (QED) is 0.331. The van der Waals surface area contributed by atoms with Crippen molar-refractivity contribution < 1.29 is 19.1 Å². The molecule has 0 aliphatic rings. The second-order valence-electron chi connectivity index (χ2n) is 6.05. The topological polar surface area (TPSA) is 55.8 Å². The lowest BCUT2D eigenvalue weighted by Gasteiger charge is -2.27. The highest BCUT2D eigenvalue weighted by Crippen LogP contribution is 2.14. The number of ether oxygens (including phenoxy) is 2. The summed E-state index contributed by atoms with van der Waals surface area (Å²) in [7, 11) is 1.56. The molecule has 0 fully saturated rings. The summed E-state index contributed by atoms with van der Waals surface area (Å²) in [5.74, 6) is 2.29. The molecule has 0 rings (SSSR count). The first-order valence-corrected chi connectivity index (χ1v) is 8.43. The van der Waals surface area contributed by atoms with Gasteiger partial charge < -0.3 is 9.47 Å². The van der Waals surface area contributed by atoms with Crippen molar-refractivity contribution in [1.29, 1.82) is 0 Å². The Bertz CT molecular complexity index is 387. The number of likely N-dealkylation sites (N-methyl/N-ethyl adjacent to an activating group) is 1. The SMILES string of the molecule is C#CCCOC(=O)N(C)[C@@H](CC(C)C)C(=O)OCCCCCC. The Kier molecular flexibility index (Phi) is 11.9. The fourth-order valence-electron chi connectivity index (χ4n) is 2.08. The smallest absolute Gasteiger partial charge is 0.410 e. The van der Waals surface area contributed by atoms with Gasteiger partial charge in [0, 0.05) is 13.5 Å². The molecule has 0 radical (unpaired) electrons. The van der Waals surface area contributed by atoms with Gasteiger partial charge in [0.05, 0.1) is 6.61 Å². The summed E-state index contributed by atoms with van der Waals surface area (Å²) in [5.41, 5.74) is 0. The summed E-state index contributed by atoms with van der Waals surface area (Å²) < 4.78 is 10.4. The van der Waals surface area contributed by atoms with Gasteiger partial charge in [-0.15, -0.1) is 12.3 Å². The Hall–Kier alpha value is -1.70. The van der Waals surface area contributed by atoms with Gasteiger partial charge in [-0.25, -0.2) is 9.59 Å². The van der Waals surface area contributed by atoms with Crippen LogP contribution in [-0.4, -0.2) is 43.3 Å². The standard InChI is InChI=1S/C18H31NO4/c1-6-8-10-11-13-22-17(20)16(14-15(3)4)19(5)18(21)23-12-9-7-2/h2,15-16H,6,8-14H2,1,3-5H3/t16-/m0/s1. The van der Waals surface area contributed by atoms with E-state index in [0.29, 0.717) is 19.4 Å². The van der Waals surface area contributed by atoms with Crippen LogP contribution >= 0.6 is 0 Å². The lowest BCUT2D eigenvalue weighted by atomic mass is 10.0. The van der Waals surface area contributed by atoms with Crippen LogP contribution in [0.5, 0.6) is 0 Å². The zero-order valence-corrected chi connectivity index (χ0v) is 15.0. The van der Waals surface area contributed by atoms with Gasteiger partial charge in [0.1, 0.15) is 12.6 Å². The number of terminal acetylenes is 1. The van der Waals surface area contributed by atoms with E-state index in [-0.39, 0.29) is 18.5 Å². The van der Waals surface area contributed by atoms with Crippen molar-refractivity contribution in [3.05, 3.63) is 0 Å². The number of hydrogen-bond donors (Lipinski definition) is 0. The van der Waals surface area contributed by atoms with Gasteiger partial charge in [0.15, 0.2) is 0 Å². The maximum absolute atomic E-state index is 12.3. The lowest BCUT2D eigenvalue weighted by molar-refractivity contribution is -0.149. The summed E-state index contributed by atoms with van der Waals surface area (Å²) in [6, 6.07) is -0.625. The van der Waals surface area contributed by atoms with Crippen LogP contribution in [-0.2, 0) is 14.3 Å². The highest BCUT2D eigenvalue weighted by Gasteiger charge is 2.29. The first kappa shape index (κ1) is 21.3. The maximum Gasteiger partial charge on any atom is 0.410 e. The molecule has 0 saturated heterocycles. The Morgan fingerprint density at radius 2 is 1.83 bits per heavy atom. The molecular weight excluding hydrogens is 294 g/mol. The van der Waals surface area contributed by atoms with Crippen molar-refractivity contribution in [2.24, 2.45) is 5.92 Å². The third kappa shape index (κ3) is 9.83. The second kappa shape index (κ2) is 12.8. The van der Waals surface area contributed by atoms with Crippen LogP contribution in [0.3, 0.4) is 0 Å². The van der Waals surface area contributed by atoms with E-state index in [0.717, 1.165) is 25.7 Å². The minimum Gasteiger partial charge on any atom is -0.464 e. The molecule has 0 unspecified atom stereocenters. The van der Waals surface area contributed by atoms with Gasteiger partial charge in [-0.05, 0) is 18.8 Å². The minimum atomic E-state index is -0.625. The Morgan fingerprint density at radius 1 is 1.13 bits per heavy atom. The van der Waals surface area contributed by atoms with E-state index in [2.05, 4.69) is 12.8 Å². The molecule has 0 spiro atoms. The molecule has 0 heterocycles. The summed E-state index contributed by atoms with van der Waals surface area (Å²) >= 11 is 0. The van der Waals surface area contributed by atoms with Crippen molar-refractivity contribution in [2.45, 2.75) is 65.3 Å². The predicted octanol–water partition coefficient (Wildman–Crippen LogP) is 3.62. The first-order chi connectivity index (χ1) is 10.9. The van der Waals surface area contributed by atoms with Crippen LogP contribution in [0.15, 0.2) is 0 Å². The van der Waals surface area contributed by atoms with Gasteiger partial charge in [-0.2, -0.15) is 0 Å². The van der Waals surface area contributed by atoms with Crippen LogP contribution in [0.4, 0.5) is 4.79 Å². The zero-order chi connectivity index (χ0) is 17.7. The number of rotatable bonds is 11. The largest absolute Gasteiger partial charge is 0.464 e. The van der Waals surface area contributed by atoms with E-state index in [9.17, 15) is 9.59 Å². The molecule has 0 N–H and O–H groups in total. The van der Waals surface area contributed by atoms with E-state index < -0.39 is 12.1 Å². The average Bonchev–Trinajstić information content (AvgIpc) is 2.51. The summed E-state index contributed by atoms with van der Waals surface area (Å²) in [6.07, 6.45) is 9.64. The second-order valence-corrected chi connectivity index (χ2v) is 6.05. The highest BCUT2D eigenvalue weighted by molar-refractivity contribution is 5.81. The molecule has 0 aliphatic carbocycles. The van der Waals surface area contributed by atoms with E-state index in [1.165, 1.54) is 4.90 Å². The molecule has 0 aromatic carbocycles. The monoisotopic (exact) mass is 325 g/mol. The molecule has 5 heteroatoms. The molecular formula is C18H31NO4. The highest BCUT2D eigenvalue weighted by atomic mass is 16.6. The van der Waals surface area contributed by atoms with E-state index in [4.69, 9.17) is 15.9 Å². The number of hydrogen-bond acceptors (Lipinski definition) is 4. The van der Waals surface area contributed by atoms with Crippen LogP contribution in [0.25, 0.3) is 0 Å². The van der Waals surface area contributed by atoms with Gasteiger partial charge in [0.2, 0.25) is 0 Å². The van der Waals surface area contributed by atoms with E-state index >= 15 is 0 Å². The molecule has 1 amide bonds. The summed E-state index contributed by atoms with van der Waals surface area (Å²) in [5, 5.41) is 0. The predicted molar refractivity (Wildman–Crippen MR) is 90.9 cm³/mol. The van der Waals surface area contributed by atoms with Crippen molar-refractivity contribution in [1.82, 2.24) is 4.90 Å². The summed E-state index contributed by atoms with van der Waals surface area (Å²) in [6.45, 7) is 6.68. The fraction of sp³-hybridized carbons (Fsp3) is 0.778. The number of nitrogens with zero attached hydrogens (tertiary/aromatic N) is 1. The van der Waals surface area contributed by atoms with Crippen LogP contribution in [0.2, 0.25) is 0 Å². The molecule has 0 bridgehead atoms. The molecule has 5 nitrogen and oxygen atoms in total. The zero-order valence-electron chi connectivity index (χ0n) is 15.0. The van der Waals surface area contributed by atoms with Crippen molar-refractivity contribution in [2.75, 3.05) is 20.3 Å². The molecule has 23 heavy (non-hydrogen) atoms. The first-order valence-electron chi connectivity index (χ1n) is 8.43. The van der Waals surface area contributed by atoms with Crippen LogP contribution < -0.4 is 0 Å². The number of carbonyl (C=O) groups excluding carboxylic acids is 2. The number of amides is 1. The van der Waals surface area contributed by atoms with Gasteiger partial charge in [-0.1, -0.05) is 40.0 Å². The maximum atomic E-state index is 12.3. The average molecular weight is 325 g/mol.